The molecule has 4 nitrogen and oxygen atoms in total. The average molecular weight is 459 g/mol. The lowest BCUT2D eigenvalue weighted by Gasteiger charge is -2.13. The first-order chi connectivity index (χ1) is 14.8. The standard InChI is InChI=1S/C25H27ClO4S/c1-19-5-15-25(16-6-19)31(27,28)30-18-20(2)4-3-17-29-24-13-9-22(10-14-24)21-7-11-23(26)12-8-21/h5-16,20H,3-4,17-18H2,1-2H3. The Labute approximate surface area is 189 Å². The van der Waals surface area contributed by atoms with Gasteiger partial charge >= 0.3 is 0 Å². The Balaban J connectivity index is 1.39. The summed E-state index contributed by atoms with van der Waals surface area (Å²) < 4.78 is 35.5. The highest BCUT2D eigenvalue weighted by atomic mass is 35.5. The fourth-order valence-corrected chi connectivity index (χ4v) is 4.21. The second-order valence-electron chi connectivity index (χ2n) is 7.68. The van der Waals surface area contributed by atoms with Gasteiger partial charge in [-0.05, 0) is 73.2 Å². The van der Waals surface area contributed by atoms with Crippen molar-refractivity contribution < 1.29 is 17.3 Å². The number of hydrogen-bond acceptors (Lipinski definition) is 4. The van der Waals surface area contributed by atoms with Crippen molar-refractivity contribution in [1.82, 2.24) is 0 Å². The first-order valence-electron chi connectivity index (χ1n) is 10.3. The maximum Gasteiger partial charge on any atom is 0.296 e. The van der Waals surface area contributed by atoms with Crippen LogP contribution in [0.1, 0.15) is 25.3 Å². The molecule has 164 valence electrons. The van der Waals surface area contributed by atoms with Gasteiger partial charge in [0.05, 0.1) is 18.1 Å². The highest BCUT2D eigenvalue weighted by Gasteiger charge is 2.16. The van der Waals surface area contributed by atoms with Gasteiger partial charge < -0.3 is 4.74 Å². The van der Waals surface area contributed by atoms with Crippen LogP contribution >= 0.6 is 11.6 Å². The van der Waals surface area contributed by atoms with Crippen LogP contribution in [0.3, 0.4) is 0 Å². The summed E-state index contributed by atoms with van der Waals surface area (Å²) in [4.78, 5) is 0.190. The fraction of sp³-hybridized carbons (Fsp3) is 0.280. The van der Waals surface area contributed by atoms with Crippen molar-refractivity contribution >= 4 is 21.7 Å². The Hall–Kier alpha value is -2.34. The van der Waals surface area contributed by atoms with Gasteiger partial charge in [-0.2, -0.15) is 8.42 Å². The zero-order valence-electron chi connectivity index (χ0n) is 17.8. The van der Waals surface area contributed by atoms with Crippen LogP contribution in [-0.2, 0) is 14.3 Å². The quantitative estimate of drug-likeness (QED) is 0.256. The topological polar surface area (TPSA) is 52.6 Å². The second-order valence-corrected chi connectivity index (χ2v) is 9.73. The zero-order chi connectivity index (χ0) is 22.3. The Bertz CT molecular complexity index is 1060. The zero-order valence-corrected chi connectivity index (χ0v) is 19.3. The number of aryl methyl sites for hydroxylation is 1. The monoisotopic (exact) mass is 458 g/mol. The van der Waals surface area contributed by atoms with E-state index >= 15 is 0 Å². The first kappa shape index (κ1) is 23.3. The van der Waals surface area contributed by atoms with Gasteiger partial charge in [0.1, 0.15) is 5.75 Å². The van der Waals surface area contributed by atoms with Crippen molar-refractivity contribution in [1.29, 1.82) is 0 Å². The maximum atomic E-state index is 12.3. The van der Waals surface area contributed by atoms with Crippen LogP contribution in [0.15, 0.2) is 77.7 Å². The van der Waals surface area contributed by atoms with Gasteiger partial charge in [-0.3, -0.25) is 4.18 Å². The van der Waals surface area contributed by atoms with E-state index in [4.69, 9.17) is 20.5 Å². The summed E-state index contributed by atoms with van der Waals surface area (Å²) in [7, 11) is -3.71. The molecule has 0 spiro atoms. The molecule has 0 bridgehead atoms. The van der Waals surface area contributed by atoms with E-state index in [0.717, 1.165) is 40.3 Å². The summed E-state index contributed by atoms with van der Waals surface area (Å²) in [6.07, 6.45) is 1.63. The molecule has 0 aliphatic carbocycles. The molecule has 0 radical (unpaired) electrons. The van der Waals surface area contributed by atoms with Gasteiger partial charge in [0.15, 0.2) is 0 Å². The predicted molar refractivity (Wildman–Crippen MR) is 125 cm³/mol. The van der Waals surface area contributed by atoms with E-state index in [1.54, 1.807) is 24.3 Å². The minimum Gasteiger partial charge on any atom is -0.494 e. The largest absolute Gasteiger partial charge is 0.494 e. The Morgan fingerprint density at radius 2 is 1.45 bits per heavy atom. The van der Waals surface area contributed by atoms with E-state index < -0.39 is 10.1 Å². The molecule has 0 saturated heterocycles. The van der Waals surface area contributed by atoms with Gasteiger partial charge in [-0.25, -0.2) is 0 Å². The van der Waals surface area contributed by atoms with Crippen molar-refractivity contribution in [3.05, 3.63) is 83.4 Å². The lowest BCUT2D eigenvalue weighted by molar-refractivity contribution is 0.238. The summed E-state index contributed by atoms with van der Waals surface area (Å²) in [6, 6.07) is 22.3. The highest BCUT2D eigenvalue weighted by molar-refractivity contribution is 7.86. The number of benzene rings is 3. The van der Waals surface area contributed by atoms with Crippen LogP contribution in [0.25, 0.3) is 11.1 Å². The smallest absolute Gasteiger partial charge is 0.296 e. The molecule has 0 heterocycles. The Morgan fingerprint density at radius 3 is 2.06 bits per heavy atom. The molecule has 0 aliphatic heterocycles. The number of ether oxygens (including phenoxy) is 1. The van der Waals surface area contributed by atoms with Crippen molar-refractivity contribution in [2.24, 2.45) is 5.92 Å². The predicted octanol–water partition coefficient (Wildman–Crippen LogP) is 6.52. The SMILES string of the molecule is Cc1ccc(S(=O)(=O)OCC(C)CCCOc2ccc(-c3ccc(Cl)cc3)cc2)cc1. The van der Waals surface area contributed by atoms with Crippen LogP contribution in [0.2, 0.25) is 5.02 Å². The van der Waals surface area contributed by atoms with Gasteiger partial charge in [-0.1, -0.05) is 60.5 Å². The third-order valence-electron chi connectivity index (χ3n) is 4.96. The summed E-state index contributed by atoms with van der Waals surface area (Å²) >= 11 is 5.93. The molecule has 3 rings (SSSR count). The first-order valence-corrected chi connectivity index (χ1v) is 12.1. The van der Waals surface area contributed by atoms with Crippen LogP contribution in [0.5, 0.6) is 5.75 Å². The van der Waals surface area contributed by atoms with E-state index in [2.05, 4.69) is 0 Å². The van der Waals surface area contributed by atoms with Crippen LogP contribution in [0, 0.1) is 12.8 Å². The number of halogens is 1. The van der Waals surface area contributed by atoms with Gasteiger partial charge in [0, 0.05) is 5.02 Å². The van der Waals surface area contributed by atoms with E-state index in [1.807, 2.05) is 62.4 Å². The fourth-order valence-electron chi connectivity index (χ4n) is 3.07. The molecular formula is C25H27ClO4S. The molecule has 3 aromatic carbocycles. The number of hydrogen-bond donors (Lipinski definition) is 0. The van der Waals surface area contributed by atoms with Gasteiger partial charge in [0.25, 0.3) is 10.1 Å². The summed E-state index contributed by atoms with van der Waals surface area (Å²) in [5, 5.41) is 0.719. The molecule has 1 atom stereocenters. The Kier molecular flexibility index (Phi) is 8.13. The average Bonchev–Trinajstić information content (AvgIpc) is 2.77. The molecule has 0 aliphatic rings. The minimum atomic E-state index is -3.71. The van der Waals surface area contributed by atoms with Crippen molar-refractivity contribution in [2.75, 3.05) is 13.2 Å². The molecule has 0 N–H and O–H groups in total. The summed E-state index contributed by atoms with van der Waals surface area (Å²) in [5.41, 5.74) is 3.21. The van der Waals surface area contributed by atoms with Gasteiger partial charge in [-0.15, -0.1) is 0 Å². The van der Waals surface area contributed by atoms with Crippen LogP contribution in [0.4, 0.5) is 0 Å². The normalized spacial score (nSPS) is 12.5. The number of rotatable bonds is 10. The molecule has 0 amide bonds. The van der Waals surface area contributed by atoms with Crippen LogP contribution < -0.4 is 4.74 Å². The molecule has 3 aromatic rings. The summed E-state index contributed by atoms with van der Waals surface area (Å²) in [6.45, 7) is 4.61. The van der Waals surface area contributed by atoms with Crippen molar-refractivity contribution in [3.63, 3.8) is 0 Å². The van der Waals surface area contributed by atoms with E-state index in [9.17, 15) is 8.42 Å². The lowest BCUT2D eigenvalue weighted by atomic mass is 10.1. The van der Waals surface area contributed by atoms with E-state index in [0.29, 0.717) is 6.61 Å². The second kappa shape index (κ2) is 10.8. The molecule has 1 unspecified atom stereocenters. The third-order valence-corrected chi connectivity index (χ3v) is 6.51. The molecule has 31 heavy (non-hydrogen) atoms. The van der Waals surface area contributed by atoms with E-state index in [1.165, 1.54) is 0 Å². The van der Waals surface area contributed by atoms with Crippen molar-refractivity contribution in [2.45, 2.75) is 31.6 Å². The molecule has 6 heteroatoms. The highest BCUT2D eigenvalue weighted by Crippen LogP contribution is 2.24. The molecule has 0 aromatic heterocycles. The van der Waals surface area contributed by atoms with Crippen LogP contribution in [-0.4, -0.2) is 21.6 Å². The Morgan fingerprint density at radius 1 is 0.871 bits per heavy atom. The molecule has 0 saturated carbocycles. The third kappa shape index (κ3) is 7.10. The molecular weight excluding hydrogens is 432 g/mol. The van der Waals surface area contributed by atoms with Crippen molar-refractivity contribution in [3.8, 4) is 16.9 Å². The maximum absolute atomic E-state index is 12.3. The lowest BCUT2D eigenvalue weighted by Crippen LogP contribution is -2.13. The summed E-state index contributed by atoms with van der Waals surface area (Å²) in [5.74, 6) is 0.916. The molecule has 0 fully saturated rings. The van der Waals surface area contributed by atoms with E-state index in [-0.39, 0.29) is 17.4 Å². The van der Waals surface area contributed by atoms with Gasteiger partial charge in [0.2, 0.25) is 0 Å². The minimum absolute atomic E-state index is 0.108.